The van der Waals surface area contributed by atoms with Crippen molar-refractivity contribution in [3.63, 3.8) is 0 Å². The summed E-state index contributed by atoms with van der Waals surface area (Å²) in [7, 11) is 0. The van der Waals surface area contributed by atoms with Crippen molar-refractivity contribution in [1.82, 2.24) is 5.32 Å². The van der Waals surface area contributed by atoms with Gasteiger partial charge < -0.3 is 10.4 Å². The molecule has 1 rings (SSSR count). The number of aliphatic carboxylic acids is 1. The predicted octanol–water partition coefficient (Wildman–Crippen LogP) is 3.52. The van der Waals surface area contributed by atoms with Gasteiger partial charge in [0.25, 0.3) is 5.91 Å². The summed E-state index contributed by atoms with van der Waals surface area (Å²) >= 11 is 4.73. The summed E-state index contributed by atoms with van der Waals surface area (Å²) < 4.78 is 0.878. The van der Waals surface area contributed by atoms with Crippen molar-refractivity contribution < 1.29 is 14.7 Å². The SMILES string of the molecule is CC(C)(C)CC(CC(=O)O)NC(=O)c1csc(Br)c1. The standard InChI is InChI=1S/C13H18BrNO3S/c1-13(2,3)6-9(5-11(16)17)15-12(18)8-4-10(14)19-7-8/h4,7,9H,5-6H2,1-3H3,(H,15,18)(H,16,17). The maximum atomic E-state index is 12.0. The van der Waals surface area contributed by atoms with E-state index in [4.69, 9.17) is 5.11 Å². The van der Waals surface area contributed by atoms with Crippen LogP contribution < -0.4 is 5.32 Å². The fourth-order valence-electron chi connectivity index (χ4n) is 1.82. The van der Waals surface area contributed by atoms with E-state index in [2.05, 4.69) is 21.2 Å². The molecule has 1 atom stereocenters. The molecule has 0 spiro atoms. The van der Waals surface area contributed by atoms with Gasteiger partial charge in [0.15, 0.2) is 0 Å². The zero-order valence-electron chi connectivity index (χ0n) is 11.2. The van der Waals surface area contributed by atoms with Crippen LogP contribution in [-0.2, 0) is 4.79 Å². The van der Waals surface area contributed by atoms with Crippen molar-refractivity contribution in [2.75, 3.05) is 0 Å². The first-order chi connectivity index (χ1) is 8.67. The molecule has 0 aliphatic rings. The predicted molar refractivity (Wildman–Crippen MR) is 79.6 cm³/mol. The minimum atomic E-state index is -0.902. The monoisotopic (exact) mass is 347 g/mol. The summed E-state index contributed by atoms with van der Waals surface area (Å²) in [4.78, 5) is 22.9. The second kappa shape index (κ2) is 6.52. The van der Waals surface area contributed by atoms with Gasteiger partial charge in [-0.25, -0.2) is 0 Å². The molecule has 0 bridgehead atoms. The second-order valence-corrected chi connectivity index (χ2v) is 7.96. The Kier molecular flexibility index (Phi) is 5.55. The lowest BCUT2D eigenvalue weighted by molar-refractivity contribution is -0.137. The quantitative estimate of drug-likeness (QED) is 0.856. The van der Waals surface area contributed by atoms with Crippen molar-refractivity contribution in [3.05, 3.63) is 20.8 Å². The number of rotatable bonds is 5. The second-order valence-electron chi connectivity index (χ2n) is 5.67. The van der Waals surface area contributed by atoms with E-state index in [-0.39, 0.29) is 23.8 Å². The topological polar surface area (TPSA) is 66.4 Å². The number of carboxylic acids is 1. The van der Waals surface area contributed by atoms with Gasteiger partial charge in [-0.1, -0.05) is 20.8 Å². The van der Waals surface area contributed by atoms with E-state index >= 15 is 0 Å². The van der Waals surface area contributed by atoms with Gasteiger partial charge in [-0.2, -0.15) is 0 Å². The number of halogens is 1. The number of carboxylic acid groups (broad SMARTS) is 1. The molecule has 0 aliphatic carbocycles. The lowest BCUT2D eigenvalue weighted by Gasteiger charge is -2.25. The lowest BCUT2D eigenvalue weighted by atomic mass is 9.87. The van der Waals surface area contributed by atoms with Crippen molar-refractivity contribution in [3.8, 4) is 0 Å². The number of carbonyl (C=O) groups is 2. The number of carbonyl (C=O) groups excluding carboxylic acids is 1. The fourth-order valence-corrected chi connectivity index (χ4v) is 2.96. The molecule has 1 heterocycles. The Hall–Kier alpha value is -0.880. The van der Waals surface area contributed by atoms with Crippen molar-refractivity contribution >= 4 is 39.1 Å². The molecule has 1 unspecified atom stereocenters. The summed E-state index contributed by atoms with van der Waals surface area (Å²) in [6.45, 7) is 6.07. The molecule has 106 valence electrons. The molecular weight excluding hydrogens is 330 g/mol. The van der Waals surface area contributed by atoms with Crippen LogP contribution in [0.15, 0.2) is 15.2 Å². The molecule has 0 aromatic carbocycles. The van der Waals surface area contributed by atoms with Gasteiger partial charge in [0.1, 0.15) is 0 Å². The minimum absolute atomic E-state index is 0.0391. The first kappa shape index (κ1) is 16.2. The Morgan fingerprint density at radius 2 is 2.11 bits per heavy atom. The summed E-state index contributed by atoms with van der Waals surface area (Å²) in [6.07, 6.45) is 0.560. The van der Waals surface area contributed by atoms with Crippen LogP contribution in [0.4, 0.5) is 0 Å². The van der Waals surface area contributed by atoms with Gasteiger partial charge in [-0.05, 0) is 33.8 Å². The average Bonchev–Trinajstić information content (AvgIpc) is 2.60. The Bertz CT molecular complexity index is 465. The van der Waals surface area contributed by atoms with E-state index in [1.807, 2.05) is 20.8 Å². The van der Waals surface area contributed by atoms with Crippen molar-refractivity contribution in [1.29, 1.82) is 0 Å². The Labute approximate surface area is 125 Å². The number of thiophene rings is 1. The molecule has 0 saturated carbocycles. The molecule has 2 N–H and O–H groups in total. The summed E-state index contributed by atoms with van der Waals surface area (Å²) in [5.41, 5.74) is 0.518. The van der Waals surface area contributed by atoms with Crippen molar-refractivity contribution in [2.24, 2.45) is 5.41 Å². The van der Waals surface area contributed by atoms with E-state index < -0.39 is 5.97 Å². The van der Waals surface area contributed by atoms with Crippen LogP contribution in [0.3, 0.4) is 0 Å². The van der Waals surface area contributed by atoms with Crippen LogP contribution in [0.2, 0.25) is 0 Å². The van der Waals surface area contributed by atoms with Crippen LogP contribution in [0, 0.1) is 5.41 Å². The van der Waals surface area contributed by atoms with E-state index in [0.717, 1.165) is 3.79 Å². The third-order valence-corrected chi connectivity index (χ3v) is 3.95. The molecular formula is C13H18BrNO3S. The lowest BCUT2D eigenvalue weighted by Crippen LogP contribution is -2.38. The van der Waals surface area contributed by atoms with E-state index in [9.17, 15) is 9.59 Å². The maximum absolute atomic E-state index is 12.0. The van der Waals surface area contributed by atoms with Crippen LogP contribution in [0.5, 0.6) is 0 Å². The van der Waals surface area contributed by atoms with Crippen LogP contribution in [0.25, 0.3) is 0 Å². The summed E-state index contributed by atoms with van der Waals surface area (Å²) in [5.74, 6) is -1.13. The van der Waals surface area contributed by atoms with Gasteiger partial charge >= 0.3 is 5.97 Å². The van der Waals surface area contributed by atoms with Gasteiger partial charge in [-0.15, -0.1) is 11.3 Å². The number of hydrogen-bond donors (Lipinski definition) is 2. The maximum Gasteiger partial charge on any atom is 0.305 e. The van der Waals surface area contributed by atoms with Gasteiger partial charge in [0, 0.05) is 11.4 Å². The summed E-state index contributed by atoms with van der Waals surface area (Å²) in [5, 5.41) is 13.5. The Balaban J connectivity index is 2.71. The first-order valence-corrected chi connectivity index (χ1v) is 7.61. The molecule has 19 heavy (non-hydrogen) atoms. The Morgan fingerprint density at radius 1 is 1.47 bits per heavy atom. The highest BCUT2D eigenvalue weighted by atomic mass is 79.9. The highest BCUT2D eigenvalue weighted by Crippen LogP contribution is 2.24. The van der Waals surface area contributed by atoms with Crippen molar-refractivity contribution in [2.45, 2.75) is 39.7 Å². The molecule has 0 aliphatic heterocycles. The molecule has 4 nitrogen and oxygen atoms in total. The van der Waals surface area contributed by atoms with Gasteiger partial charge in [-0.3, -0.25) is 9.59 Å². The van der Waals surface area contributed by atoms with E-state index in [1.54, 1.807) is 11.4 Å². The molecule has 0 radical (unpaired) electrons. The van der Waals surface area contributed by atoms with E-state index in [0.29, 0.717) is 12.0 Å². The molecule has 1 amide bonds. The highest BCUT2D eigenvalue weighted by Gasteiger charge is 2.23. The zero-order chi connectivity index (χ0) is 14.6. The van der Waals surface area contributed by atoms with Crippen LogP contribution >= 0.6 is 27.3 Å². The first-order valence-electron chi connectivity index (χ1n) is 5.94. The van der Waals surface area contributed by atoms with Crippen LogP contribution in [-0.4, -0.2) is 23.0 Å². The smallest absolute Gasteiger partial charge is 0.305 e. The largest absolute Gasteiger partial charge is 0.481 e. The molecule has 1 aromatic rings. The van der Waals surface area contributed by atoms with Crippen LogP contribution in [0.1, 0.15) is 44.0 Å². The normalized spacial score (nSPS) is 13.1. The Morgan fingerprint density at radius 3 is 2.53 bits per heavy atom. The molecule has 0 saturated heterocycles. The minimum Gasteiger partial charge on any atom is -0.481 e. The van der Waals surface area contributed by atoms with E-state index in [1.165, 1.54) is 11.3 Å². The van der Waals surface area contributed by atoms with Gasteiger partial charge in [0.2, 0.25) is 0 Å². The fraction of sp³-hybridized carbons (Fsp3) is 0.538. The number of nitrogens with one attached hydrogen (secondary N) is 1. The average molecular weight is 348 g/mol. The molecule has 0 fully saturated rings. The summed E-state index contributed by atoms with van der Waals surface area (Å²) in [6, 6.07) is 1.37. The molecule has 6 heteroatoms. The third kappa shape index (κ3) is 6.20. The van der Waals surface area contributed by atoms with Gasteiger partial charge in [0.05, 0.1) is 15.8 Å². The number of hydrogen-bond acceptors (Lipinski definition) is 3. The molecule has 1 aromatic heterocycles. The highest BCUT2D eigenvalue weighted by molar-refractivity contribution is 9.11. The third-order valence-electron chi connectivity index (χ3n) is 2.44. The number of amides is 1. The zero-order valence-corrected chi connectivity index (χ0v) is 13.6.